The maximum atomic E-state index is 13.5. The smallest absolute Gasteiger partial charge is 0.416 e. The summed E-state index contributed by atoms with van der Waals surface area (Å²) in [6, 6.07) is 20.0. The van der Waals surface area contributed by atoms with E-state index in [-0.39, 0.29) is 6.29 Å². The summed E-state index contributed by atoms with van der Waals surface area (Å²) in [6.45, 7) is 1.93. The number of amides is 1. The van der Waals surface area contributed by atoms with Gasteiger partial charge in [-0.05, 0) is 60.0 Å². The number of rotatable bonds is 5. The Bertz CT molecular complexity index is 1430. The average Bonchev–Trinajstić information content (AvgIpc) is 3.56. The normalized spacial score (nSPS) is 17.7. The van der Waals surface area contributed by atoms with Crippen LogP contribution in [0.1, 0.15) is 22.9 Å². The molecule has 1 aromatic heterocycles. The Morgan fingerprint density at radius 3 is 2.59 bits per heavy atom. The molecule has 0 aliphatic carbocycles. The Morgan fingerprint density at radius 1 is 1.03 bits per heavy atom. The highest BCUT2D eigenvalue weighted by molar-refractivity contribution is 6.32. The lowest BCUT2D eigenvalue weighted by molar-refractivity contribution is -0.0684. The third-order valence-corrected chi connectivity index (χ3v) is 7.18. The Kier molecular flexibility index (Phi) is 6.69. The number of aromatic nitrogens is 1. The van der Waals surface area contributed by atoms with Gasteiger partial charge >= 0.3 is 6.09 Å². The number of fused-ring (bicyclic) bond motifs is 3. The maximum Gasteiger partial charge on any atom is 0.416 e. The summed E-state index contributed by atoms with van der Waals surface area (Å²) in [7, 11) is 0. The van der Waals surface area contributed by atoms with E-state index >= 15 is 0 Å². The predicted molar refractivity (Wildman–Crippen MR) is 141 cm³/mol. The van der Waals surface area contributed by atoms with Gasteiger partial charge < -0.3 is 23.9 Å². The van der Waals surface area contributed by atoms with E-state index in [0.29, 0.717) is 54.3 Å². The van der Waals surface area contributed by atoms with Crippen LogP contribution in [0.25, 0.3) is 10.9 Å². The summed E-state index contributed by atoms with van der Waals surface area (Å²) in [5.41, 5.74) is 3.95. The van der Waals surface area contributed by atoms with Crippen molar-refractivity contribution in [2.45, 2.75) is 18.8 Å². The number of ether oxygens (including phenoxy) is 4. The number of carbonyl (C=O) groups excluding carboxylic acids is 1. The van der Waals surface area contributed by atoms with Gasteiger partial charge in [0.1, 0.15) is 18.4 Å². The number of H-pyrrole nitrogens is 1. The van der Waals surface area contributed by atoms with E-state index in [2.05, 4.69) is 4.98 Å². The number of aromatic amines is 1. The van der Waals surface area contributed by atoms with Crippen molar-refractivity contribution in [3.8, 4) is 11.5 Å². The molecule has 0 saturated carbocycles. The number of nitrogens with zero attached hydrogens (tertiary/aromatic N) is 1. The van der Waals surface area contributed by atoms with Gasteiger partial charge in [-0.15, -0.1) is 0 Å². The zero-order chi connectivity index (χ0) is 25.4. The van der Waals surface area contributed by atoms with Crippen LogP contribution < -0.4 is 9.47 Å². The van der Waals surface area contributed by atoms with Crippen LogP contribution in [-0.2, 0) is 15.9 Å². The molecule has 190 valence electrons. The van der Waals surface area contributed by atoms with Crippen molar-refractivity contribution >= 4 is 40.2 Å². The second-order valence-corrected chi connectivity index (χ2v) is 9.75. The van der Waals surface area contributed by atoms with E-state index < -0.39 is 12.1 Å². The molecule has 1 fully saturated rings. The van der Waals surface area contributed by atoms with Gasteiger partial charge in [0.2, 0.25) is 0 Å². The SMILES string of the molecule is O=C(Oc1ccccc1Cl)N1CCc2c([nH]c3ccc(Cl)cc23)C1c1ccc(OCC2OCCO2)cc1. The lowest BCUT2D eigenvalue weighted by Gasteiger charge is -2.35. The molecule has 1 unspecified atom stereocenters. The van der Waals surface area contributed by atoms with E-state index in [1.54, 1.807) is 29.2 Å². The largest absolute Gasteiger partial charge is 0.488 e. The minimum Gasteiger partial charge on any atom is -0.488 e. The highest BCUT2D eigenvalue weighted by atomic mass is 35.5. The van der Waals surface area contributed by atoms with Crippen molar-refractivity contribution in [2.75, 3.05) is 26.4 Å². The number of nitrogens with one attached hydrogen (secondary N) is 1. The summed E-state index contributed by atoms with van der Waals surface area (Å²) in [4.78, 5) is 18.7. The van der Waals surface area contributed by atoms with E-state index in [1.165, 1.54) is 0 Å². The minimum atomic E-state index is -0.476. The molecule has 0 radical (unpaired) electrons. The number of hydrogen-bond acceptors (Lipinski definition) is 5. The van der Waals surface area contributed by atoms with Gasteiger partial charge in [0.25, 0.3) is 0 Å². The molecule has 7 nitrogen and oxygen atoms in total. The van der Waals surface area contributed by atoms with E-state index in [4.69, 9.17) is 42.1 Å². The molecule has 2 aliphatic heterocycles. The zero-order valence-electron chi connectivity index (χ0n) is 19.8. The van der Waals surface area contributed by atoms with E-state index in [0.717, 1.165) is 27.7 Å². The Hall–Kier alpha value is -3.23. The monoisotopic (exact) mass is 538 g/mol. The molecule has 6 rings (SSSR count). The van der Waals surface area contributed by atoms with Gasteiger partial charge in [0.15, 0.2) is 12.0 Å². The van der Waals surface area contributed by atoms with Crippen LogP contribution in [0.5, 0.6) is 11.5 Å². The molecule has 9 heteroatoms. The summed E-state index contributed by atoms with van der Waals surface area (Å²) in [6.07, 6.45) is -0.169. The number of para-hydroxylation sites is 1. The molecule has 1 N–H and O–H groups in total. The number of carbonyl (C=O) groups is 1. The fraction of sp³-hybridized carbons (Fsp3) is 0.250. The summed E-state index contributed by atoms with van der Waals surface area (Å²) >= 11 is 12.6. The van der Waals surface area contributed by atoms with Gasteiger partial charge in [-0.25, -0.2) is 4.79 Å². The van der Waals surface area contributed by atoms with Crippen LogP contribution in [-0.4, -0.2) is 48.6 Å². The first kappa shape index (κ1) is 24.1. The van der Waals surface area contributed by atoms with Crippen LogP contribution in [0.4, 0.5) is 4.79 Å². The first-order chi connectivity index (χ1) is 18.1. The quantitative estimate of drug-likeness (QED) is 0.319. The van der Waals surface area contributed by atoms with Gasteiger partial charge in [-0.3, -0.25) is 4.90 Å². The van der Waals surface area contributed by atoms with Crippen LogP contribution >= 0.6 is 23.2 Å². The van der Waals surface area contributed by atoms with Crippen molar-refractivity contribution in [1.82, 2.24) is 9.88 Å². The van der Waals surface area contributed by atoms with Gasteiger partial charge in [0, 0.05) is 28.2 Å². The molecule has 0 bridgehead atoms. The fourth-order valence-corrected chi connectivity index (χ4v) is 5.24. The molecular weight excluding hydrogens is 515 g/mol. The number of hydrogen-bond donors (Lipinski definition) is 1. The van der Waals surface area contributed by atoms with Crippen molar-refractivity contribution in [3.05, 3.63) is 93.6 Å². The summed E-state index contributed by atoms with van der Waals surface area (Å²) in [5, 5.41) is 2.10. The molecular formula is C28H24Cl2N2O5. The minimum absolute atomic E-state index is 0.311. The van der Waals surface area contributed by atoms with Gasteiger partial charge in [-0.1, -0.05) is 47.5 Å². The number of halogens is 2. The van der Waals surface area contributed by atoms with E-state index in [9.17, 15) is 4.79 Å². The standard InChI is InChI=1S/C28H24Cl2N2O5/c29-18-7-10-23-21(15-18)20-11-12-32(28(33)37-24-4-2-1-3-22(24)30)27(26(20)31-23)17-5-8-19(9-6-17)36-16-25-34-13-14-35-25/h1-10,15,25,27,31H,11-14,16H2. The lowest BCUT2D eigenvalue weighted by atomic mass is 9.92. The van der Waals surface area contributed by atoms with Crippen LogP contribution in [0, 0.1) is 0 Å². The van der Waals surface area contributed by atoms with Gasteiger partial charge in [0.05, 0.1) is 18.2 Å². The van der Waals surface area contributed by atoms with Crippen molar-refractivity contribution in [1.29, 1.82) is 0 Å². The first-order valence-corrected chi connectivity index (χ1v) is 12.8. The summed E-state index contributed by atoms with van der Waals surface area (Å²) < 4.78 is 22.4. The third-order valence-electron chi connectivity index (χ3n) is 6.63. The molecule has 4 aromatic rings. The van der Waals surface area contributed by atoms with Crippen molar-refractivity contribution < 1.29 is 23.7 Å². The van der Waals surface area contributed by atoms with Crippen molar-refractivity contribution in [2.24, 2.45) is 0 Å². The lowest BCUT2D eigenvalue weighted by Crippen LogP contribution is -2.42. The van der Waals surface area contributed by atoms with E-state index in [1.807, 2.05) is 42.5 Å². The highest BCUT2D eigenvalue weighted by Crippen LogP contribution is 2.40. The van der Waals surface area contributed by atoms with Crippen LogP contribution in [0.15, 0.2) is 66.7 Å². The molecule has 1 amide bonds. The molecule has 1 atom stereocenters. The summed E-state index contributed by atoms with van der Waals surface area (Å²) in [5.74, 6) is 1.01. The van der Waals surface area contributed by atoms with Gasteiger partial charge in [-0.2, -0.15) is 0 Å². The molecule has 3 aromatic carbocycles. The number of benzene rings is 3. The Labute approximate surface area is 223 Å². The highest BCUT2D eigenvalue weighted by Gasteiger charge is 2.36. The molecule has 0 spiro atoms. The molecule has 2 aliphatic rings. The Morgan fingerprint density at radius 2 is 1.81 bits per heavy atom. The second-order valence-electron chi connectivity index (χ2n) is 8.90. The topological polar surface area (TPSA) is 73.0 Å². The van der Waals surface area contributed by atoms with Crippen LogP contribution in [0.2, 0.25) is 10.0 Å². The predicted octanol–water partition coefficient (Wildman–Crippen LogP) is 6.37. The molecule has 3 heterocycles. The van der Waals surface area contributed by atoms with Crippen LogP contribution in [0.3, 0.4) is 0 Å². The molecule has 37 heavy (non-hydrogen) atoms. The Balaban J connectivity index is 1.33. The first-order valence-electron chi connectivity index (χ1n) is 12.1. The fourth-order valence-electron chi connectivity index (χ4n) is 4.90. The maximum absolute atomic E-state index is 13.5. The van der Waals surface area contributed by atoms with Crippen molar-refractivity contribution in [3.63, 3.8) is 0 Å². The average molecular weight is 539 g/mol. The second kappa shape index (κ2) is 10.3. The third kappa shape index (κ3) is 4.88. The molecule has 1 saturated heterocycles. The zero-order valence-corrected chi connectivity index (χ0v) is 21.3.